The van der Waals surface area contributed by atoms with Crippen molar-refractivity contribution in [1.82, 2.24) is 15.3 Å². The number of halogens is 1. The first-order chi connectivity index (χ1) is 8.33. The second kappa shape index (κ2) is 4.35. The molecule has 0 saturated carbocycles. The predicted octanol–water partition coefficient (Wildman–Crippen LogP) is 1.43. The number of morpholine rings is 1. The number of rotatable bonds is 1. The SMILES string of the molecule is Fc1ncc2ccc(C3CNCCO3)cc2n1. The average Bonchev–Trinajstić information content (AvgIpc) is 2.39. The van der Waals surface area contributed by atoms with Crippen LogP contribution in [0.25, 0.3) is 10.9 Å². The van der Waals surface area contributed by atoms with Crippen molar-refractivity contribution < 1.29 is 9.13 Å². The second-order valence-electron chi connectivity index (χ2n) is 4.02. The average molecular weight is 233 g/mol. The van der Waals surface area contributed by atoms with Crippen LogP contribution in [0.2, 0.25) is 0 Å². The minimum absolute atomic E-state index is 0.0196. The van der Waals surface area contributed by atoms with Crippen LogP contribution in [0.15, 0.2) is 24.4 Å². The van der Waals surface area contributed by atoms with Crippen molar-refractivity contribution in [2.45, 2.75) is 6.10 Å². The molecule has 2 heterocycles. The van der Waals surface area contributed by atoms with Gasteiger partial charge in [-0.3, -0.25) is 0 Å². The van der Waals surface area contributed by atoms with Crippen molar-refractivity contribution in [2.24, 2.45) is 0 Å². The smallest absolute Gasteiger partial charge is 0.309 e. The fourth-order valence-corrected chi connectivity index (χ4v) is 2.00. The summed E-state index contributed by atoms with van der Waals surface area (Å²) in [5.74, 6) is 0. The fourth-order valence-electron chi connectivity index (χ4n) is 2.00. The summed E-state index contributed by atoms with van der Waals surface area (Å²) in [5, 5.41) is 4.09. The van der Waals surface area contributed by atoms with Crippen molar-refractivity contribution in [2.75, 3.05) is 19.7 Å². The summed E-state index contributed by atoms with van der Waals surface area (Å²) in [4.78, 5) is 7.31. The van der Waals surface area contributed by atoms with E-state index < -0.39 is 6.08 Å². The highest BCUT2D eigenvalue weighted by Gasteiger charge is 2.16. The monoisotopic (exact) mass is 233 g/mol. The lowest BCUT2D eigenvalue weighted by Crippen LogP contribution is -2.33. The number of hydrogen-bond donors (Lipinski definition) is 1. The molecule has 0 amide bonds. The summed E-state index contributed by atoms with van der Waals surface area (Å²) >= 11 is 0. The maximum absolute atomic E-state index is 12.9. The molecule has 1 aromatic carbocycles. The third kappa shape index (κ3) is 2.11. The van der Waals surface area contributed by atoms with Crippen LogP contribution in [0, 0.1) is 6.08 Å². The maximum Gasteiger partial charge on any atom is 0.309 e. The maximum atomic E-state index is 12.9. The summed E-state index contributed by atoms with van der Waals surface area (Å²) in [6.07, 6.45) is 0.810. The van der Waals surface area contributed by atoms with Crippen molar-refractivity contribution >= 4 is 10.9 Å². The predicted molar refractivity (Wildman–Crippen MR) is 61.1 cm³/mol. The van der Waals surface area contributed by atoms with Gasteiger partial charge in [0.1, 0.15) is 0 Å². The number of aromatic nitrogens is 2. The van der Waals surface area contributed by atoms with Gasteiger partial charge in [0.25, 0.3) is 0 Å². The van der Waals surface area contributed by atoms with E-state index in [4.69, 9.17) is 4.74 Å². The number of nitrogens with one attached hydrogen (secondary N) is 1. The van der Waals surface area contributed by atoms with Gasteiger partial charge in [-0.05, 0) is 11.6 Å². The molecule has 0 radical (unpaired) electrons. The Bertz CT molecular complexity index is 540. The molecular formula is C12H12FN3O. The fraction of sp³-hybridized carbons (Fsp3) is 0.333. The van der Waals surface area contributed by atoms with Crippen LogP contribution >= 0.6 is 0 Å². The largest absolute Gasteiger partial charge is 0.371 e. The van der Waals surface area contributed by atoms with Crippen LogP contribution in [0.1, 0.15) is 11.7 Å². The Hall–Kier alpha value is -1.59. The topological polar surface area (TPSA) is 47.0 Å². The molecular weight excluding hydrogens is 221 g/mol. The Labute approximate surface area is 97.8 Å². The third-order valence-electron chi connectivity index (χ3n) is 2.88. The van der Waals surface area contributed by atoms with E-state index in [0.29, 0.717) is 12.1 Å². The molecule has 3 rings (SSSR count). The van der Waals surface area contributed by atoms with Crippen LogP contribution in [0.4, 0.5) is 4.39 Å². The van der Waals surface area contributed by atoms with Gasteiger partial charge in [0.2, 0.25) is 0 Å². The molecule has 5 heteroatoms. The van der Waals surface area contributed by atoms with Crippen LogP contribution in [0.3, 0.4) is 0 Å². The number of benzene rings is 1. The first kappa shape index (κ1) is 10.6. The molecule has 88 valence electrons. The third-order valence-corrected chi connectivity index (χ3v) is 2.88. The lowest BCUT2D eigenvalue weighted by molar-refractivity contribution is 0.0278. The van der Waals surface area contributed by atoms with Crippen molar-refractivity contribution in [3.63, 3.8) is 0 Å². The van der Waals surface area contributed by atoms with E-state index in [1.54, 1.807) is 0 Å². The zero-order valence-corrected chi connectivity index (χ0v) is 9.19. The van der Waals surface area contributed by atoms with Crippen LogP contribution in [-0.2, 0) is 4.74 Å². The molecule has 1 aliphatic rings. The molecule has 1 atom stereocenters. The Balaban J connectivity index is 1.99. The summed E-state index contributed by atoms with van der Waals surface area (Å²) in [6.45, 7) is 2.35. The first-order valence-corrected chi connectivity index (χ1v) is 5.57. The standard InChI is InChI=1S/C12H12FN3O/c13-12-15-6-9-2-1-8(5-10(9)16-12)11-7-14-3-4-17-11/h1-2,5-6,11,14H,3-4,7H2. The number of nitrogens with zero attached hydrogens (tertiary/aromatic N) is 2. The van der Waals surface area contributed by atoms with E-state index in [2.05, 4.69) is 15.3 Å². The van der Waals surface area contributed by atoms with E-state index in [1.165, 1.54) is 6.20 Å². The van der Waals surface area contributed by atoms with E-state index in [1.807, 2.05) is 18.2 Å². The molecule has 0 bridgehead atoms. The van der Waals surface area contributed by atoms with Gasteiger partial charge in [0.15, 0.2) is 0 Å². The van der Waals surface area contributed by atoms with E-state index >= 15 is 0 Å². The van der Waals surface area contributed by atoms with E-state index in [-0.39, 0.29) is 6.10 Å². The zero-order chi connectivity index (χ0) is 11.7. The van der Waals surface area contributed by atoms with Gasteiger partial charge >= 0.3 is 6.08 Å². The molecule has 1 saturated heterocycles. The Morgan fingerprint density at radius 2 is 2.35 bits per heavy atom. The highest BCUT2D eigenvalue weighted by molar-refractivity contribution is 5.78. The first-order valence-electron chi connectivity index (χ1n) is 5.57. The number of hydrogen-bond acceptors (Lipinski definition) is 4. The molecule has 1 N–H and O–H groups in total. The normalized spacial score (nSPS) is 20.6. The van der Waals surface area contributed by atoms with Crippen LogP contribution in [-0.4, -0.2) is 29.7 Å². The minimum Gasteiger partial charge on any atom is -0.371 e. The number of fused-ring (bicyclic) bond motifs is 1. The van der Waals surface area contributed by atoms with Gasteiger partial charge in [-0.25, -0.2) is 9.97 Å². The van der Waals surface area contributed by atoms with Gasteiger partial charge in [0, 0.05) is 24.7 Å². The van der Waals surface area contributed by atoms with Crippen molar-refractivity contribution in [3.05, 3.63) is 36.0 Å². The van der Waals surface area contributed by atoms with Gasteiger partial charge in [-0.1, -0.05) is 12.1 Å². The minimum atomic E-state index is -0.697. The van der Waals surface area contributed by atoms with Crippen LogP contribution < -0.4 is 5.32 Å². The molecule has 17 heavy (non-hydrogen) atoms. The summed E-state index contributed by atoms with van der Waals surface area (Å²) < 4.78 is 18.6. The molecule has 1 fully saturated rings. The van der Waals surface area contributed by atoms with Gasteiger partial charge in [0.05, 0.1) is 18.2 Å². The van der Waals surface area contributed by atoms with Crippen molar-refractivity contribution in [1.29, 1.82) is 0 Å². The lowest BCUT2D eigenvalue weighted by atomic mass is 10.1. The van der Waals surface area contributed by atoms with Crippen LogP contribution in [0.5, 0.6) is 0 Å². The molecule has 0 spiro atoms. The molecule has 4 nitrogen and oxygen atoms in total. The lowest BCUT2D eigenvalue weighted by Gasteiger charge is -2.24. The molecule has 1 unspecified atom stereocenters. The highest BCUT2D eigenvalue weighted by Crippen LogP contribution is 2.22. The van der Waals surface area contributed by atoms with Crippen molar-refractivity contribution in [3.8, 4) is 0 Å². The quantitative estimate of drug-likeness (QED) is 0.757. The summed E-state index contributed by atoms with van der Waals surface area (Å²) in [7, 11) is 0. The molecule has 1 aromatic heterocycles. The van der Waals surface area contributed by atoms with E-state index in [0.717, 1.165) is 24.0 Å². The van der Waals surface area contributed by atoms with Gasteiger partial charge in [-0.2, -0.15) is 4.39 Å². The summed E-state index contributed by atoms with van der Waals surface area (Å²) in [6, 6.07) is 5.72. The summed E-state index contributed by atoms with van der Waals surface area (Å²) in [5.41, 5.74) is 1.63. The van der Waals surface area contributed by atoms with E-state index in [9.17, 15) is 4.39 Å². The highest BCUT2D eigenvalue weighted by atomic mass is 19.1. The van der Waals surface area contributed by atoms with Gasteiger partial charge in [-0.15, -0.1) is 0 Å². The molecule has 2 aromatic rings. The Kier molecular flexibility index (Phi) is 2.70. The Morgan fingerprint density at radius 1 is 1.41 bits per heavy atom. The number of ether oxygens (including phenoxy) is 1. The Morgan fingerprint density at radius 3 is 3.18 bits per heavy atom. The second-order valence-corrected chi connectivity index (χ2v) is 4.02. The zero-order valence-electron chi connectivity index (χ0n) is 9.19. The van der Waals surface area contributed by atoms with Gasteiger partial charge < -0.3 is 10.1 Å². The molecule has 0 aliphatic carbocycles. The molecule has 1 aliphatic heterocycles.